The van der Waals surface area contributed by atoms with Gasteiger partial charge in [0.25, 0.3) is 0 Å². The quantitative estimate of drug-likeness (QED) is 0.798. The molecular formula is C13H12Cl2F3N5. The molecule has 0 fully saturated rings. The Kier molecular flexibility index (Phi) is 4.76. The van der Waals surface area contributed by atoms with Crippen LogP contribution in [0, 0.1) is 0 Å². The van der Waals surface area contributed by atoms with Crippen LogP contribution in [0.3, 0.4) is 0 Å². The molecule has 124 valence electrons. The molecule has 0 saturated heterocycles. The summed E-state index contributed by atoms with van der Waals surface area (Å²) >= 11 is 11.8. The second-order valence-electron chi connectivity index (χ2n) is 4.81. The molecule has 0 aliphatic rings. The van der Waals surface area contributed by atoms with E-state index in [1.54, 1.807) is 14.1 Å². The van der Waals surface area contributed by atoms with Crippen LogP contribution in [-0.2, 0) is 6.18 Å². The molecule has 10 heteroatoms. The van der Waals surface area contributed by atoms with E-state index in [9.17, 15) is 13.2 Å². The molecule has 3 N–H and O–H groups in total. The Labute approximate surface area is 140 Å². The predicted molar refractivity (Wildman–Crippen MR) is 85.5 cm³/mol. The molecule has 0 aliphatic heterocycles. The Bertz CT molecular complexity index is 711. The van der Waals surface area contributed by atoms with Gasteiger partial charge in [0.05, 0.1) is 15.7 Å². The Balaban J connectivity index is 2.45. The maximum atomic E-state index is 12.9. The monoisotopic (exact) mass is 365 g/mol. The first-order chi connectivity index (χ1) is 10.6. The second-order valence-corrected chi connectivity index (χ2v) is 5.62. The van der Waals surface area contributed by atoms with Crippen molar-refractivity contribution in [3.05, 3.63) is 33.9 Å². The van der Waals surface area contributed by atoms with Crippen LogP contribution in [0.15, 0.2) is 18.2 Å². The van der Waals surface area contributed by atoms with Gasteiger partial charge < -0.3 is 16.0 Å². The fourth-order valence-corrected chi connectivity index (χ4v) is 2.14. The zero-order chi connectivity index (χ0) is 17.4. The van der Waals surface area contributed by atoms with Crippen molar-refractivity contribution < 1.29 is 13.2 Å². The summed E-state index contributed by atoms with van der Waals surface area (Å²) < 4.78 is 38.8. The van der Waals surface area contributed by atoms with Gasteiger partial charge in [0, 0.05) is 25.8 Å². The van der Waals surface area contributed by atoms with Gasteiger partial charge in [-0.15, -0.1) is 0 Å². The highest BCUT2D eigenvalue weighted by Crippen LogP contribution is 2.33. The zero-order valence-corrected chi connectivity index (χ0v) is 13.6. The lowest BCUT2D eigenvalue weighted by Gasteiger charge is -2.16. The van der Waals surface area contributed by atoms with Gasteiger partial charge >= 0.3 is 6.18 Å². The summed E-state index contributed by atoms with van der Waals surface area (Å²) in [7, 11) is 3.15. The minimum Gasteiger partial charge on any atom is -0.396 e. The normalized spacial score (nSPS) is 11.4. The number of nitrogens with one attached hydrogen (secondary N) is 1. The van der Waals surface area contributed by atoms with Crippen molar-refractivity contribution >= 4 is 46.3 Å². The number of nitrogens with two attached hydrogens (primary N) is 1. The van der Waals surface area contributed by atoms with Crippen LogP contribution in [0.2, 0.25) is 10.0 Å². The minimum atomic E-state index is -4.60. The third kappa shape index (κ3) is 4.08. The van der Waals surface area contributed by atoms with Gasteiger partial charge in [-0.3, -0.25) is 0 Å². The molecule has 23 heavy (non-hydrogen) atoms. The molecule has 0 unspecified atom stereocenters. The number of nitrogens with zero attached hydrogens (tertiary/aromatic N) is 3. The third-order valence-electron chi connectivity index (χ3n) is 2.80. The molecule has 2 rings (SSSR count). The van der Waals surface area contributed by atoms with E-state index in [1.165, 1.54) is 17.0 Å². The summed E-state index contributed by atoms with van der Waals surface area (Å²) in [5.74, 6) is -0.136. The molecule has 1 aromatic heterocycles. The van der Waals surface area contributed by atoms with E-state index in [0.29, 0.717) is 5.69 Å². The Morgan fingerprint density at radius 1 is 1.09 bits per heavy atom. The number of alkyl halides is 3. The highest BCUT2D eigenvalue weighted by Gasteiger charge is 2.34. The van der Waals surface area contributed by atoms with Crippen molar-refractivity contribution in [2.45, 2.75) is 6.18 Å². The molecule has 5 nitrogen and oxygen atoms in total. The van der Waals surface area contributed by atoms with E-state index >= 15 is 0 Å². The number of anilines is 4. The summed E-state index contributed by atoms with van der Waals surface area (Å²) in [6, 6.07) is 3.69. The average Bonchev–Trinajstić information content (AvgIpc) is 2.43. The number of hydrogen-bond donors (Lipinski definition) is 2. The van der Waals surface area contributed by atoms with Crippen LogP contribution >= 0.6 is 23.2 Å². The van der Waals surface area contributed by atoms with Crippen LogP contribution < -0.4 is 16.0 Å². The lowest BCUT2D eigenvalue weighted by molar-refractivity contribution is -0.141. The summed E-state index contributed by atoms with van der Waals surface area (Å²) in [6.07, 6.45) is -4.60. The predicted octanol–water partition coefficient (Wildman–Crippen LogP) is 4.19. The van der Waals surface area contributed by atoms with Gasteiger partial charge in [-0.25, -0.2) is 4.98 Å². The molecule has 0 spiro atoms. The Morgan fingerprint density at radius 3 is 2.13 bits per heavy atom. The SMILES string of the molecule is CN(C)c1cc(C(F)(F)F)nc(Nc2cc(Cl)c(N)c(Cl)c2)n1. The fourth-order valence-electron chi connectivity index (χ4n) is 1.65. The zero-order valence-electron chi connectivity index (χ0n) is 12.0. The molecule has 0 atom stereocenters. The molecule has 0 aliphatic carbocycles. The lowest BCUT2D eigenvalue weighted by Crippen LogP contribution is -2.16. The van der Waals surface area contributed by atoms with Crippen LogP contribution in [0.1, 0.15) is 5.69 Å². The molecule has 0 radical (unpaired) electrons. The van der Waals surface area contributed by atoms with E-state index in [2.05, 4.69) is 15.3 Å². The van der Waals surface area contributed by atoms with Gasteiger partial charge in [0.1, 0.15) is 5.82 Å². The number of rotatable bonds is 3. The molecule has 2 aromatic rings. The summed E-state index contributed by atoms with van der Waals surface area (Å²) in [4.78, 5) is 8.92. The number of hydrogen-bond acceptors (Lipinski definition) is 5. The van der Waals surface area contributed by atoms with Crippen molar-refractivity contribution in [2.24, 2.45) is 0 Å². The van der Waals surface area contributed by atoms with Crippen molar-refractivity contribution in [1.82, 2.24) is 9.97 Å². The van der Waals surface area contributed by atoms with E-state index in [-0.39, 0.29) is 27.5 Å². The number of nitrogen functional groups attached to an aromatic ring is 1. The first-order valence-electron chi connectivity index (χ1n) is 6.23. The Hall–Kier alpha value is -1.93. The van der Waals surface area contributed by atoms with Crippen molar-refractivity contribution in [3.8, 4) is 0 Å². The van der Waals surface area contributed by atoms with E-state index in [4.69, 9.17) is 28.9 Å². The molecule has 1 aromatic carbocycles. The van der Waals surface area contributed by atoms with Crippen LogP contribution in [0.25, 0.3) is 0 Å². The highest BCUT2D eigenvalue weighted by atomic mass is 35.5. The average molecular weight is 366 g/mol. The minimum absolute atomic E-state index is 0.0995. The van der Waals surface area contributed by atoms with Gasteiger partial charge in [-0.2, -0.15) is 18.2 Å². The van der Waals surface area contributed by atoms with Gasteiger partial charge in [0.2, 0.25) is 5.95 Å². The Morgan fingerprint density at radius 2 is 1.65 bits per heavy atom. The fraction of sp³-hybridized carbons (Fsp3) is 0.231. The van der Waals surface area contributed by atoms with Crippen LogP contribution in [0.4, 0.5) is 36.3 Å². The van der Waals surface area contributed by atoms with Crippen molar-refractivity contribution in [1.29, 1.82) is 0 Å². The summed E-state index contributed by atoms with van der Waals surface area (Å²) in [5.41, 5.74) is 5.04. The standard InChI is InChI=1S/C13H12Cl2F3N5/c1-23(2)10-5-9(13(16,17)18)21-12(22-10)20-6-3-7(14)11(19)8(15)4-6/h3-5H,19H2,1-2H3,(H,20,21,22). The maximum Gasteiger partial charge on any atom is 0.433 e. The molecule has 0 saturated carbocycles. The van der Waals surface area contributed by atoms with E-state index in [1.807, 2.05) is 0 Å². The summed E-state index contributed by atoms with van der Waals surface area (Å²) in [6.45, 7) is 0. The topological polar surface area (TPSA) is 67.1 Å². The first-order valence-corrected chi connectivity index (χ1v) is 6.98. The largest absolute Gasteiger partial charge is 0.433 e. The number of aromatic nitrogens is 2. The third-order valence-corrected chi connectivity index (χ3v) is 3.42. The van der Waals surface area contributed by atoms with Crippen molar-refractivity contribution in [3.63, 3.8) is 0 Å². The second kappa shape index (κ2) is 6.29. The van der Waals surface area contributed by atoms with Gasteiger partial charge in [-0.05, 0) is 12.1 Å². The summed E-state index contributed by atoms with van der Waals surface area (Å²) in [5, 5.41) is 2.98. The van der Waals surface area contributed by atoms with E-state index < -0.39 is 11.9 Å². The van der Waals surface area contributed by atoms with Crippen LogP contribution in [-0.4, -0.2) is 24.1 Å². The molecule has 1 heterocycles. The molecular weight excluding hydrogens is 354 g/mol. The number of benzene rings is 1. The first kappa shape index (κ1) is 17.4. The van der Waals surface area contributed by atoms with Gasteiger partial charge in [-0.1, -0.05) is 23.2 Å². The maximum absolute atomic E-state index is 12.9. The molecule has 0 bridgehead atoms. The van der Waals surface area contributed by atoms with E-state index in [0.717, 1.165) is 6.07 Å². The smallest absolute Gasteiger partial charge is 0.396 e. The highest BCUT2D eigenvalue weighted by molar-refractivity contribution is 6.39. The number of halogens is 5. The molecule has 0 amide bonds. The van der Waals surface area contributed by atoms with Crippen molar-refractivity contribution in [2.75, 3.05) is 30.0 Å². The van der Waals surface area contributed by atoms with Gasteiger partial charge in [0.15, 0.2) is 5.69 Å². The lowest BCUT2D eigenvalue weighted by atomic mass is 10.3. The van der Waals surface area contributed by atoms with Crippen LogP contribution in [0.5, 0.6) is 0 Å².